The van der Waals surface area contributed by atoms with Crippen molar-refractivity contribution in [2.45, 2.75) is 25.1 Å². The highest BCUT2D eigenvalue weighted by Gasteiger charge is 2.19. The lowest BCUT2D eigenvalue weighted by Gasteiger charge is -2.29. The Hall–Kier alpha value is -1.51. The molecule has 0 bridgehead atoms. The fourth-order valence-electron chi connectivity index (χ4n) is 2.02. The molecular weight excluding hydrogens is 250 g/mol. The average molecular weight is 269 g/mol. The van der Waals surface area contributed by atoms with Gasteiger partial charge < -0.3 is 20.5 Å². The zero-order chi connectivity index (χ0) is 13.8. The highest BCUT2D eigenvalue weighted by Crippen LogP contribution is 2.06. The Bertz CT molecular complexity index is 436. The first kappa shape index (κ1) is 13.9. The van der Waals surface area contributed by atoms with Gasteiger partial charge in [-0.25, -0.2) is 4.68 Å². The summed E-state index contributed by atoms with van der Waals surface area (Å²) < 4.78 is 7.31. The first-order valence-electron chi connectivity index (χ1n) is 6.22. The molecule has 0 aromatic carbocycles. The van der Waals surface area contributed by atoms with E-state index in [4.69, 9.17) is 15.6 Å². The van der Waals surface area contributed by atoms with Crippen LogP contribution in [0, 0.1) is 0 Å². The predicted octanol–water partition coefficient (Wildman–Crippen LogP) is -1.44. The Morgan fingerprint density at radius 1 is 1.74 bits per heavy atom. The van der Waals surface area contributed by atoms with Gasteiger partial charge in [0.15, 0.2) is 0 Å². The van der Waals surface area contributed by atoms with Gasteiger partial charge in [-0.3, -0.25) is 4.79 Å². The SMILES string of the molecule is CN1CCOC(Cn2cc(CC(N)C(=O)O)nn2)C1. The average Bonchev–Trinajstić information content (AvgIpc) is 2.76. The molecule has 19 heavy (non-hydrogen) atoms. The van der Waals surface area contributed by atoms with Gasteiger partial charge in [-0.1, -0.05) is 5.21 Å². The maximum absolute atomic E-state index is 10.7. The number of morpholine rings is 1. The summed E-state index contributed by atoms with van der Waals surface area (Å²) in [6.07, 6.45) is 1.99. The van der Waals surface area contributed by atoms with Gasteiger partial charge in [0.1, 0.15) is 6.04 Å². The number of hydrogen-bond donors (Lipinski definition) is 2. The molecule has 3 N–H and O–H groups in total. The number of carbonyl (C=O) groups is 1. The first-order chi connectivity index (χ1) is 9.04. The third-order valence-corrected chi connectivity index (χ3v) is 3.06. The van der Waals surface area contributed by atoms with Crippen LogP contribution < -0.4 is 5.73 Å². The Morgan fingerprint density at radius 3 is 3.21 bits per heavy atom. The molecule has 1 aliphatic rings. The lowest BCUT2D eigenvalue weighted by molar-refractivity contribution is -0.138. The normalized spacial score (nSPS) is 22.3. The summed E-state index contributed by atoms with van der Waals surface area (Å²) in [4.78, 5) is 12.9. The van der Waals surface area contributed by atoms with Crippen LogP contribution in [0.4, 0.5) is 0 Å². The summed E-state index contributed by atoms with van der Waals surface area (Å²) >= 11 is 0. The summed E-state index contributed by atoms with van der Waals surface area (Å²) in [5, 5.41) is 16.6. The topological polar surface area (TPSA) is 106 Å². The van der Waals surface area contributed by atoms with Crippen LogP contribution in [0.1, 0.15) is 5.69 Å². The molecule has 1 saturated heterocycles. The van der Waals surface area contributed by atoms with E-state index in [1.54, 1.807) is 10.9 Å². The third-order valence-electron chi connectivity index (χ3n) is 3.06. The molecule has 1 aromatic heterocycles. The molecule has 8 nitrogen and oxygen atoms in total. The first-order valence-corrected chi connectivity index (χ1v) is 6.22. The van der Waals surface area contributed by atoms with Crippen molar-refractivity contribution in [2.75, 3.05) is 26.7 Å². The predicted molar refractivity (Wildman–Crippen MR) is 66.6 cm³/mol. The second-order valence-electron chi connectivity index (χ2n) is 4.84. The summed E-state index contributed by atoms with van der Waals surface area (Å²) in [6, 6.07) is -0.942. The van der Waals surface area contributed by atoms with E-state index in [0.717, 1.165) is 13.1 Å². The van der Waals surface area contributed by atoms with E-state index >= 15 is 0 Å². The second kappa shape index (κ2) is 6.09. The van der Waals surface area contributed by atoms with Gasteiger partial charge in [0.05, 0.1) is 24.9 Å². The summed E-state index contributed by atoms with van der Waals surface area (Å²) in [6.45, 7) is 3.11. The molecular formula is C11H19N5O3. The molecule has 106 valence electrons. The molecule has 1 aromatic rings. The number of ether oxygens (including phenoxy) is 1. The molecule has 2 unspecified atom stereocenters. The largest absolute Gasteiger partial charge is 0.480 e. The van der Waals surface area contributed by atoms with Gasteiger partial charge in [-0.2, -0.15) is 0 Å². The maximum atomic E-state index is 10.7. The van der Waals surface area contributed by atoms with E-state index in [1.165, 1.54) is 0 Å². The van der Waals surface area contributed by atoms with Crippen LogP contribution in [0.3, 0.4) is 0 Å². The molecule has 0 saturated carbocycles. The van der Waals surface area contributed by atoms with Crippen LogP contribution in [-0.2, 0) is 22.5 Å². The molecule has 2 atom stereocenters. The van der Waals surface area contributed by atoms with Crippen LogP contribution in [0.5, 0.6) is 0 Å². The third kappa shape index (κ3) is 3.98. The minimum absolute atomic E-state index is 0.0847. The van der Waals surface area contributed by atoms with E-state index < -0.39 is 12.0 Å². The molecule has 1 aliphatic heterocycles. The van der Waals surface area contributed by atoms with Gasteiger partial charge in [-0.15, -0.1) is 5.10 Å². The van der Waals surface area contributed by atoms with Gasteiger partial charge in [0.2, 0.25) is 0 Å². The van der Waals surface area contributed by atoms with Crippen LogP contribution in [0.2, 0.25) is 0 Å². The highest BCUT2D eigenvalue weighted by molar-refractivity contribution is 5.73. The summed E-state index contributed by atoms with van der Waals surface area (Å²) in [5.41, 5.74) is 6.03. The van der Waals surface area contributed by atoms with Crippen LogP contribution in [0.15, 0.2) is 6.20 Å². The van der Waals surface area contributed by atoms with E-state index in [9.17, 15) is 4.79 Å². The van der Waals surface area contributed by atoms with E-state index in [-0.39, 0.29) is 12.5 Å². The molecule has 2 heterocycles. The van der Waals surface area contributed by atoms with Crippen LogP contribution in [0.25, 0.3) is 0 Å². The molecule has 8 heteroatoms. The Morgan fingerprint density at radius 2 is 2.53 bits per heavy atom. The van der Waals surface area contributed by atoms with Gasteiger partial charge in [-0.05, 0) is 7.05 Å². The number of aromatic nitrogens is 3. The Labute approximate surface area is 111 Å². The van der Waals surface area contributed by atoms with Gasteiger partial charge in [0.25, 0.3) is 0 Å². The Kier molecular flexibility index (Phi) is 4.46. The number of carboxylic acids is 1. The minimum Gasteiger partial charge on any atom is -0.480 e. The van der Waals surface area contributed by atoms with Gasteiger partial charge >= 0.3 is 5.97 Å². The van der Waals surface area contributed by atoms with Crippen molar-refractivity contribution in [3.63, 3.8) is 0 Å². The number of aliphatic carboxylic acids is 1. The van der Waals surface area contributed by atoms with Crippen molar-refractivity contribution in [3.8, 4) is 0 Å². The van der Waals surface area contributed by atoms with E-state index in [1.807, 2.05) is 7.05 Å². The molecule has 2 rings (SSSR count). The molecule has 0 amide bonds. The fourth-order valence-corrected chi connectivity index (χ4v) is 2.02. The number of hydrogen-bond acceptors (Lipinski definition) is 6. The second-order valence-corrected chi connectivity index (χ2v) is 4.84. The molecule has 0 aliphatic carbocycles. The van der Waals surface area contributed by atoms with Gasteiger partial charge in [0, 0.05) is 25.7 Å². The number of likely N-dealkylation sites (N-methyl/N-ethyl adjacent to an activating group) is 1. The van der Waals surface area contributed by atoms with Crippen molar-refractivity contribution >= 4 is 5.97 Å². The highest BCUT2D eigenvalue weighted by atomic mass is 16.5. The van der Waals surface area contributed by atoms with Crippen molar-refractivity contribution in [1.29, 1.82) is 0 Å². The standard InChI is InChI=1S/C11H19N5O3/c1-15-2-3-19-9(6-15)7-16-5-8(13-14-16)4-10(12)11(17)18/h5,9-10H,2-4,6-7,12H2,1H3,(H,17,18). The summed E-state index contributed by atoms with van der Waals surface area (Å²) in [7, 11) is 2.05. The van der Waals surface area contributed by atoms with E-state index in [0.29, 0.717) is 18.8 Å². The minimum atomic E-state index is -1.04. The smallest absolute Gasteiger partial charge is 0.320 e. The lowest BCUT2D eigenvalue weighted by Crippen LogP contribution is -2.42. The van der Waals surface area contributed by atoms with Crippen molar-refractivity contribution in [2.24, 2.45) is 5.73 Å². The van der Waals surface area contributed by atoms with Crippen molar-refractivity contribution in [3.05, 3.63) is 11.9 Å². The lowest BCUT2D eigenvalue weighted by atomic mass is 10.2. The van der Waals surface area contributed by atoms with Crippen LogP contribution in [-0.4, -0.2) is 69.9 Å². The zero-order valence-electron chi connectivity index (χ0n) is 10.9. The van der Waals surface area contributed by atoms with Crippen LogP contribution >= 0.6 is 0 Å². The zero-order valence-corrected chi connectivity index (χ0v) is 10.9. The summed E-state index contributed by atoms with van der Waals surface area (Å²) in [5.74, 6) is -1.04. The Balaban J connectivity index is 1.88. The maximum Gasteiger partial charge on any atom is 0.320 e. The number of nitrogens with two attached hydrogens (primary N) is 1. The fraction of sp³-hybridized carbons (Fsp3) is 0.727. The quantitative estimate of drug-likeness (QED) is 0.674. The molecule has 0 spiro atoms. The molecule has 1 fully saturated rings. The molecule has 0 radical (unpaired) electrons. The number of rotatable bonds is 5. The number of carboxylic acid groups (broad SMARTS) is 1. The number of nitrogens with zero attached hydrogens (tertiary/aromatic N) is 4. The van der Waals surface area contributed by atoms with E-state index in [2.05, 4.69) is 15.2 Å². The van der Waals surface area contributed by atoms with Crippen molar-refractivity contribution in [1.82, 2.24) is 19.9 Å². The monoisotopic (exact) mass is 269 g/mol. The van der Waals surface area contributed by atoms with Crippen molar-refractivity contribution < 1.29 is 14.6 Å².